The Morgan fingerprint density at radius 2 is 1.62 bits per heavy atom. The van der Waals surface area contributed by atoms with Crippen LogP contribution in [-0.2, 0) is 10.9 Å². The Kier molecular flexibility index (Phi) is 7.79. The zero-order valence-electron chi connectivity index (χ0n) is 22.1. The predicted molar refractivity (Wildman–Crippen MR) is 146 cm³/mol. The summed E-state index contributed by atoms with van der Waals surface area (Å²) in [6.45, 7) is 4.15. The van der Waals surface area contributed by atoms with Gasteiger partial charge in [0.05, 0.1) is 32.7 Å². The molecule has 0 bridgehead atoms. The van der Waals surface area contributed by atoms with Crippen LogP contribution in [0, 0.1) is 6.92 Å². The van der Waals surface area contributed by atoms with Crippen LogP contribution in [0.2, 0.25) is 0 Å². The number of aryl methyl sites for hydroxylation is 1. The first-order valence-electron chi connectivity index (χ1n) is 12.2. The third kappa shape index (κ3) is 5.26. The maximum absolute atomic E-state index is 11.8. The molecule has 0 amide bonds. The van der Waals surface area contributed by atoms with Crippen molar-refractivity contribution >= 4 is 22.2 Å². The van der Waals surface area contributed by atoms with Gasteiger partial charge in [-0.1, -0.05) is 12.1 Å². The Hall–Kier alpha value is -4.69. The molecule has 0 radical (unpaired) electrons. The average Bonchev–Trinajstić information content (AvgIpc) is 3.34. The average molecular weight is 563 g/mol. The van der Waals surface area contributed by atoms with Gasteiger partial charge in [-0.3, -0.25) is 4.57 Å². The van der Waals surface area contributed by atoms with Crippen molar-refractivity contribution in [2.75, 3.05) is 20.8 Å². The van der Waals surface area contributed by atoms with Gasteiger partial charge in [0.25, 0.3) is 0 Å². The van der Waals surface area contributed by atoms with E-state index in [9.17, 15) is 8.42 Å². The number of pyridine rings is 1. The van der Waals surface area contributed by atoms with Crippen molar-refractivity contribution in [2.45, 2.75) is 19.9 Å². The number of imidazole rings is 1. The summed E-state index contributed by atoms with van der Waals surface area (Å²) < 4.78 is 44.7. The summed E-state index contributed by atoms with van der Waals surface area (Å²) in [5.41, 5.74) is 2.66. The molecule has 4 heterocycles. The Morgan fingerprint density at radius 1 is 0.925 bits per heavy atom. The highest BCUT2D eigenvalue weighted by atomic mass is 32.2. The van der Waals surface area contributed by atoms with Gasteiger partial charge in [-0.25, -0.2) is 43.0 Å². The normalized spacial score (nSPS) is 12.0. The Morgan fingerprint density at radius 3 is 2.27 bits per heavy atom. The highest BCUT2D eigenvalue weighted by Crippen LogP contribution is 2.38. The van der Waals surface area contributed by atoms with Crippen molar-refractivity contribution in [2.24, 2.45) is 0 Å². The summed E-state index contributed by atoms with van der Waals surface area (Å²) in [6.07, 6.45) is 4.63. The SMILES string of the molecule is CCOc1cccc(-c2nc3ncc(C(N[SH](=O)=O)c4ncc(C)cn4)nc3n2-c2c(OC)cccc2OC)n1. The van der Waals surface area contributed by atoms with E-state index in [2.05, 4.69) is 24.7 Å². The molecular weight excluding hydrogens is 536 g/mol. The molecule has 1 unspecified atom stereocenters. The van der Waals surface area contributed by atoms with Crippen LogP contribution in [0.15, 0.2) is 55.0 Å². The third-order valence-corrected chi connectivity index (χ3v) is 6.32. The number of hydrogen-bond acceptors (Lipinski definition) is 11. The van der Waals surface area contributed by atoms with Gasteiger partial charge in [-0.05, 0) is 37.6 Å². The third-order valence-electron chi connectivity index (χ3n) is 5.85. The van der Waals surface area contributed by atoms with E-state index in [-0.39, 0.29) is 17.2 Å². The van der Waals surface area contributed by atoms with Crippen LogP contribution in [0.5, 0.6) is 17.4 Å². The van der Waals surface area contributed by atoms with Gasteiger partial charge in [0.15, 0.2) is 22.9 Å². The maximum atomic E-state index is 11.8. The van der Waals surface area contributed by atoms with Gasteiger partial charge in [0, 0.05) is 18.5 Å². The van der Waals surface area contributed by atoms with Crippen LogP contribution in [0.3, 0.4) is 0 Å². The van der Waals surface area contributed by atoms with E-state index < -0.39 is 16.9 Å². The van der Waals surface area contributed by atoms with Crippen molar-refractivity contribution in [1.82, 2.24) is 39.2 Å². The zero-order chi connectivity index (χ0) is 28.2. The van der Waals surface area contributed by atoms with Gasteiger partial charge in [-0.2, -0.15) is 0 Å². The number of nitrogens with one attached hydrogen (secondary N) is 1. The van der Waals surface area contributed by atoms with Gasteiger partial charge in [0.1, 0.15) is 28.9 Å². The predicted octanol–water partition coefficient (Wildman–Crippen LogP) is 2.60. The summed E-state index contributed by atoms with van der Waals surface area (Å²) in [6, 6.07) is 9.70. The number of ether oxygens (including phenoxy) is 3. The number of para-hydroxylation sites is 1. The fourth-order valence-corrected chi connectivity index (χ4v) is 4.58. The molecule has 5 aromatic rings. The summed E-state index contributed by atoms with van der Waals surface area (Å²) in [5.74, 6) is 1.99. The van der Waals surface area contributed by atoms with Gasteiger partial charge in [0.2, 0.25) is 16.8 Å². The van der Waals surface area contributed by atoms with E-state index in [0.717, 1.165) is 5.56 Å². The monoisotopic (exact) mass is 562 g/mol. The van der Waals surface area contributed by atoms with Gasteiger partial charge in [-0.15, -0.1) is 0 Å². The summed E-state index contributed by atoms with van der Waals surface area (Å²) in [4.78, 5) is 27.3. The van der Waals surface area contributed by atoms with Gasteiger partial charge >= 0.3 is 0 Å². The molecule has 0 aliphatic heterocycles. The molecule has 1 N–H and O–H groups in total. The minimum Gasteiger partial charge on any atom is -0.494 e. The molecule has 1 aromatic carbocycles. The van der Waals surface area contributed by atoms with E-state index in [1.165, 1.54) is 6.20 Å². The molecule has 1 atom stereocenters. The Labute approximate surface area is 231 Å². The smallest absolute Gasteiger partial charge is 0.213 e. The van der Waals surface area contributed by atoms with Crippen molar-refractivity contribution in [3.63, 3.8) is 0 Å². The number of aromatic nitrogens is 7. The van der Waals surface area contributed by atoms with E-state index >= 15 is 0 Å². The number of benzene rings is 1. The molecule has 0 fully saturated rings. The molecule has 5 rings (SSSR count). The van der Waals surface area contributed by atoms with E-state index in [1.807, 2.05) is 19.9 Å². The number of methoxy groups -OCH3 is 2. The first kappa shape index (κ1) is 26.9. The van der Waals surface area contributed by atoms with E-state index in [0.29, 0.717) is 46.8 Å². The molecule has 0 saturated heterocycles. The van der Waals surface area contributed by atoms with Crippen LogP contribution in [0.25, 0.3) is 28.5 Å². The summed E-state index contributed by atoms with van der Waals surface area (Å²) >= 11 is 0. The fraction of sp³-hybridized carbons (Fsp3) is 0.231. The molecule has 4 aromatic heterocycles. The number of thiol groups is 1. The lowest BCUT2D eigenvalue weighted by molar-refractivity contribution is 0.327. The topological polar surface area (TPSA) is 156 Å². The fourth-order valence-electron chi connectivity index (χ4n) is 4.12. The van der Waals surface area contributed by atoms with Crippen molar-refractivity contribution in [3.8, 4) is 34.6 Å². The van der Waals surface area contributed by atoms with Crippen molar-refractivity contribution < 1.29 is 22.6 Å². The Bertz CT molecular complexity index is 1710. The quantitative estimate of drug-likeness (QED) is 0.241. The first-order valence-corrected chi connectivity index (χ1v) is 13.4. The lowest BCUT2D eigenvalue weighted by atomic mass is 10.2. The number of nitrogens with zero attached hydrogens (tertiary/aromatic N) is 7. The lowest BCUT2D eigenvalue weighted by Crippen LogP contribution is -2.24. The molecule has 40 heavy (non-hydrogen) atoms. The van der Waals surface area contributed by atoms with Crippen LogP contribution in [0.1, 0.15) is 30.0 Å². The van der Waals surface area contributed by atoms with Crippen molar-refractivity contribution in [1.29, 1.82) is 0 Å². The second kappa shape index (κ2) is 11.6. The van der Waals surface area contributed by atoms with E-state index in [1.54, 1.807) is 61.5 Å². The molecular formula is C26H26N8O5S. The highest BCUT2D eigenvalue weighted by Gasteiger charge is 2.26. The zero-order valence-corrected chi connectivity index (χ0v) is 23.0. The standard InChI is InChI=1S/C26H26N8O5S/c1-5-39-20-11-6-8-16(30-20)25-32-24-26(34(25)22-18(37-3)9-7-10-19(22)38-4)31-17(14-29-24)21(33-40(35)36)23-27-12-15(2)13-28-23/h6-14,21,40H,5H2,1-4H3,(H,33,35,36). The first-order chi connectivity index (χ1) is 19.4. The van der Waals surface area contributed by atoms with Crippen LogP contribution >= 0.6 is 0 Å². The number of hydrogen-bond donors (Lipinski definition) is 2. The Balaban J connectivity index is 1.80. The second-order valence-corrected chi connectivity index (χ2v) is 9.23. The molecule has 14 heteroatoms. The number of fused-ring (bicyclic) bond motifs is 1. The molecule has 0 aliphatic carbocycles. The van der Waals surface area contributed by atoms with Crippen LogP contribution < -0.4 is 18.9 Å². The minimum absolute atomic E-state index is 0.214. The molecule has 13 nitrogen and oxygen atoms in total. The molecule has 0 saturated carbocycles. The van der Waals surface area contributed by atoms with E-state index in [4.69, 9.17) is 24.2 Å². The maximum Gasteiger partial charge on any atom is 0.213 e. The highest BCUT2D eigenvalue weighted by molar-refractivity contribution is 7.70. The van der Waals surface area contributed by atoms with Crippen LogP contribution in [0.4, 0.5) is 0 Å². The van der Waals surface area contributed by atoms with Gasteiger partial charge < -0.3 is 14.2 Å². The largest absolute Gasteiger partial charge is 0.494 e. The second-order valence-electron chi connectivity index (χ2n) is 8.46. The molecule has 0 spiro atoms. The summed E-state index contributed by atoms with van der Waals surface area (Å²) in [7, 11) is 0.0590. The minimum atomic E-state index is -3.03. The molecule has 206 valence electrons. The number of rotatable bonds is 10. The lowest BCUT2D eigenvalue weighted by Gasteiger charge is -2.17. The van der Waals surface area contributed by atoms with Crippen LogP contribution in [-0.4, -0.2) is 63.7 Å². The van der Waals surface area contributed by atoms with Crippen molar-refractivity contribution in [3.05, 3.63) is 72.1 Å². The summed E-state index contributed by atoms with van der Waals surface area (Å²) in [5, 5.41) is 0. The molecule has 0 aliphatic rings.